The van der Waals surface area contributed by atoms with Crippen LogP contribution in [0.2, 0.25) is 0 Å². The molecule has 0 fully saturated rings. The van der Waals surface area contributed by atoms with Gasteiger partial charge in [-0.1, -0.05) is 30.3 Å². The molecule has 37 heavy (non-hydrogen) atoms. The number of hydrogen-bond donors (Lipinski definition) is 0. The minimum absolute atomic E-state index is 0.0312. The largest absolute Gasteiger partial charge is 0.340 e. The highest BCUT2D eigenvalue weighted by Gasteiger charge is 2.37. The van der Waals surface area contributed by atoms with Gasteiger partial charge in [0.1, 0.15) is 11.5 Å². The number of nitrogens with zero attached hydrogens (tertiary/aromatic N) is 3. The summed E-state index contributed by atoms with van der Waals surface area (Å²) in [5.74, 6) is -12.4. The molecule has 0 N–H and O–H groups in total. The van der Waals surface area contributed by atoms with Crippen molar-refractivity contribution in [3.05, 3.63) is 106 Å². The van der Waals surface area contributed by atoms with Gasteiger partial charge in [0.2, 0.25) is 5.82 Å². The fourth-order valence-electron chi connectivity index (χ4n) is 4.38. The molecular weight excluding hydrogens is 496 g/mol. The molecule has 0 bridgehead atoms. The predicted octanol–water partition coefficient (Wildman–Crippen LogP) is 6.64. The van der Waals surface area contributed by atoms with Gasteiger partial charge in [0.05, 0.1) is 11.3 Å². The summed E-state index contributed by atoms with van der Waals surface area (Å²) in [4.78, 5) is 13.1. The van der Waals surface area contributed by atoms with E-state index in [9.17, 15) is 31.1 Å². The Balaban J connectivity index is 1.61. The molecule has 0 saturated heterocycles. The Morgan fingerprint density at radius 3 is 2.05 bits per heavy atom. The molecular formula is C27H17F6N3O. The molecule has 4 aromatic rings. The van der Waals surface area contributed by atoms with E-state index in [1.165, 1.54) is 25.1 Å². The van der Waals surface area contributed by atoms with Crippen molar-refractivity contribution in [3.8, 4) is 0 Å². The Kier molecular flexibility index (Phi) is 5.89. The van der Waals surface area contributed by atoms with E-state index in [1.807, 2.05) is 29.7 Å². The number of hydrazone groups is 1. The van der Waals surface area contributed by atoms with Gasteiger partial charge in [-0.3, -0.25) is 4.79 Å². The zero-order valence-corrected chi connectivity index (χ0v) is 19.4. The summed E-state index contributed by atoms with van der Waals surface area (Å²) in [5, 5.41) is 4.74. The molecule has 5 rings (SSSR count). The van der Waals surface area contributed by atoms with Crippen LogP contribution in [0, 0.1) is 41.8 Å². The number of hydrogen-bond acceptors (Lipinski definition) is 2. The third-order valence-corrected chi connectivity index (χ3v) is 6.28. The summed E-state index contributed by atoms with van der Waals surface area (Å²) < 4.78 is 85.1. The van der Waals surface area contributed by atoms with Crippen LogP contribution >= 0.6 is 0 Å². The molecule has 10 heteroatoms. The van der Waals surface area contributed by atoms with Crippen molar-refractivity contribution in [3.63, 3.8) is 0 Å². The van der Waals surface area contributed by atoms with E-state index < -0.39 is 40.7 Å². The van der Waals surface area contributed by atoms with Crippen LogP contribution in [0.3, 0.4) is 0 Å². The van der Waals surface area contributed by atoms with Crippen LogP contribution < -0.4 is 5.01 Å². The smallest absolute Gasteiger partial charge is 0.280 e. The third kappa shape index (κ3) is 3.89. The van der Waals surface area contributed by atoms with Crippen molar-refractivity contribution in [1.29, 1.82) is 0 Å². The van der Waals surface area contributed by atoms with Crippen LogP contribution in [0.4, 0.5) is 32.0 Å². The SMILES string of the molecule is CC1=NN(c2c(F)c(F)c(F)c(F)c2F)C(=O)/C1=C\c1c(C)n(Cc2ccc(F)cc2)c2ccccc12. The highest BCUT2D eigenvalue weighted by molar-refractivity contribution is 6.32. The summed E-state index contributed by atoms with van der Waals surface area (Å²) in [5.41, 5.74) is 1.49. The molecule has 4 nitrogen and oxygen atoms in total. The lowest BCUT2D eigenvalue weighted by atomic mass is 10.0. The number of benzene rings is 3. The van der Waals surface area contributed by atoms with Gasteiger partial charge >= 0.3 is 0 Å². The molecule has 188 valence electrons. The Morgan fingerprint density at radius 1 is 0.811 bits per heavy atom. The van der Waals surface area contributed by atoms with Gasteiger partial charge in [0, 0.05) is 28.7 Å². The molecule has 3 aromatic carbocycles. The maximum absolute atomic E-state index is 14.4. The predicted molar refractivity (Wildman–Crippen MR) is 127 cm³/mol. The molecule has 0 radical (unpaired) electrons. The molecule has 0 unspecified atom stereocenters. The zero-order chi connectivity index (χ0) is 26.6. The monoisotopic (exact) mass is 513 g/mol. The summed E-state index contributed by atoms with van der Waals surface area (Å²) >= 11 is 0. The van der Waals surface area contributed by atoms with Crippen LogP contribution in [0.5, 0.6) is 0 Å². The zero-order valence-electron chi connectivity index (χ0n) is 19.4. The van der Waals surface area contributed by atoms with Crippen molar-refractivity contribution in [2.24, 2.45) is 5.10 Å². The summed E-state index contributed by atoms with van der Waals surface area (Å²) in [6, 6.07) is 13.3. The first-order chi connectivity index (χ1) is 17.6. The Bertz CT molecular complexity index is 1620. The quantitative estimate of drug-likeness (QED) is 0.131. The van der Waals surface area contributed by atoms with Gasteiger partial charge in [0.15, 0.2) is 23.3 Å². The number of carbonyl (C=O) groups is 1. The fraction of sp³-hybridized carbons (Fsp3) is 0.111. The molecule has 1 aromatic heterocycles. The average molecular weight is 513 g/mol. The van der Waals surface area contributed by atoms with E-state index in [0.717, 1.165) is 22.2 Å². The fourth-order valence-corrected chi connectivity index (χ4v) is 4.38. The number of halogens is 6. The van der Waals surface area contributed by atoms with Crippen LogP contribution in [0.25, 0.3) is 17.0 Å². The van der Waals surface area contributed by atoms with Gasteiger partial charge < -0.3 is 4.57 Å². The van der Waals surface area contributed by atoms with E-state index in [1.54, 1.807) is 18.2 Å². The topological polar surface area (TPSA) is 37.6 Å². The van der Waals surface area contributed by atoms with E-state index in [0.29, 0.717) is 12.1 Å². The molecule has 0 saturated carbocycles. The maximum Gasteiger partial charge on any atom is 0.280 e. The second-order valence-corrected chi connectivity index (χ2v) is 8.51. The maximum atomic E-state index is 14.4. The Hall–Kier alpha value is -4.34. The molecule has 0 aliphatic carbocycles. The second-order valence-electron chi connectivity index (χ2n) is 8.51. The van der Waals surface area contributed by atoms with E-state index in [2.05, 4.69) is 5.10 Å². The Labute approximate surface area is 206 Å². The average Bonchev–Trinajstić information content (AvgIpc) is 3.31. The first-order valence-corrected chi connectivity index (χ1v) is 11.1. The third-order valence-electron chi connectivity index (χ3n) is 6.28. The number of carbonyl (C=O) groups excluding carboxylic acids is 1. The van der Waals surface area contributed by atoms with Crippen LogP contribution in [0.15, 0.2) is 59.2 Å². The van der Waals surface area contributed by atoms with Gasteiger partial charge in [0.25, 0.3) is 5.91 Å². The normalized spacial score (nSPS) is 14.8. The first kappa shape index (κ1) is 24.4. The summed E-state index contributed by atoms with van der Waals surface area (Å²) in [6.07, 6.45) is 1.48. The van der Waals surface area contributed by atoms with Crippen molar-refractivity contribution in [2.75, 3.05) is 5.01 Å². The standard InChI is InChI=1S/C27H17F6N3O/c1-13-18(27(37)36(34-13)26-24(32)22(30)21(29)23(31)25(26)33)11-19-14(2)35(20-6-4-3-5-17(19)20)12-15-7-9-16(28)10-8-15/h3-11H,12H2,1-2H3/b18-11-. The number of rotatable bonds is 4. The molecule has 1 aliphatic heterocycles. The molecule has 0 spiro atoms. The number of anilines is 1. The molecule has 0 atom stereocenters. The molecule has 2 heterocycles. The van der Waals surface area contributed by atoms with Crippen molar-refractivity contribution in [1.82, 2.24) is 4.57 Å². The lowest BCUT2D eigenvalue weighted by Crippen LogP contribution is -2.25. The van der Waals surface area contributed by atoms with E-state index in [4.69, 9.17) is 0 Å². The number of fused-ring (bicyclic) bond motifs is 1. The first-order valence-electron chi connectivity index (χ1n) is 11.1. The van der Waals surface area contributed by atoms with Crippen LogP contribution in [0.1, 0.15) is 23.7 Å². The number of aromatic nitrogens is 1. The minimum atomic E-state index is -2.33. The lowest BCUT2D eigenvalue weighted by Gasteiger charge is -2.15. The van der Waals surface area contributed by atoms with Gasteiger partial charge in [-0.25, -0.2) is 26.3 Å². The van der Waals surface area contributed by atoms with Gasteiger partial charge in [-0.05, 0) is 43.7 Å². The number of amides is 1. The molecule has 1 aliphatic rings. The highest BCUT2D eigenvalue weighted by atomic mass is 19.2. The van der Waals surface area contributed by atoms with Crippen molar-refractivity contribution < 1.29 is 31.1 Å². The summed E-state index contributed by atoms with van der Waals surface area (Å²) in [7, 11) is 0. The highest BCUT2D eigenvalue weighted by Crippen LogP contribution is 2.35. The molecule has 1 amide bonds. The van der Waals surface area contributed by atoms with Gasteiger partial charge in [-0.15, -0.1) is 0 Å². The van der Waals surface area contributed by atoms with Crippen LogP contribution in [-0.2, 0) is 11.3 Å². The van der Waals surface area contributed by atoms with E-state index >= 15 is 0 Å². The van der Waals surface area contributed by atoms with Crippen molar-refractivity contribution >= 4 is 34.3 Å². The van der Waals surface area contributed by atoms with Crippen LogP contribution in [-0.4, -0.2) is 16.2 Å². The minimum Gasteiger partial charge on any atom is -0.340 e. The number of para-hydroxylation sites is 1. The summed E-state index contributed by atoms with van der Waals surface area (Å²) in [6.45, 7) is 3.60. The lowest BCUT2D eigenvalue weighted by molar-refractivity contribution is -0.114. The Morgan fingerprint density at radius 2 is 1.41 bits per heavy atom. The van der Waals surface area contributed by atoms with E-state index in [-0.39, 0.29) is 22.1 Å². The van der Waals surface area contributed by atoms with Crippen molar-refractivity contribution in [2.45, 2.75) is 20.4 Å². The second kappa shape index (κ2) is 8.95. The van der Waals surface area contributed by atoms with Gasteiger partial charge in [-0.2, -0.15) is 10.1 Å².